The summed E-state index contributed by atoms with van der Waals surface area (Å²) < 4.78 is 21.2. The van der Waals surface area contributed by atoms with Gasteiger partial charge in [0.05, 0.1) is 12.4 Å². The molecule has 0 N–H and O–H groups in total. The molecular weight excluding hydrogens is 321 g/mol. The quantitative estimate of drug-likeness (QED) is 0.570. The molecule has 6 nitrogen and oxygen atoms in total. The van der Waals surface area contributed by atoms with Crippen LogP contribution in [0.15, 0.2) is 73.3 Å². The van der Waals surface area contributed by atoms with Gasteiger partial charge in [0, 0.05) is 24.0 Å². The molecule has 1 aromatic carbocycles. The van der Waals surface area contributed by atoms with Crippen molar-refractivity contribution in [3.05, 3.63) is 79.1 Å². The van der Waals surface area contributed by atoms with Gasteiger partial charge in [-0.2, -0.15) is 0 Å². The molecule has 3 aromatic heterocycles. The predicted molar refractivity (Wildman–Crippen MR) is 88.9 cm³/mol. The highest BCUT2D eigenvalue weighted by molar-refractivity contribution is 5.60. The zero-order valence-electron chi connectivity index (χ0n) is 13.0. The lowest BCUT2D eigenvalue weighted by molar-refractivity contribution is 0.475. The maximum Gasteiger partial charge on any atom is 0.155 e. The molecule has 3 heterocycles. The number of hydrogen-bond acceptors (Lipinski definition) is 5. The summed E-state index contributed by atoms with van der Waals surface area (Å²) in [5.74, 6) is 1.08. The number of nitrogens with zero attached hydrogens (tertiary/aromatic N) is 5. The third kappa shape index (κ3) is 3.35. The molecule has 0 fully saturated rings. The van der Waals surface area contributed by atoms with E-state index in [9.17, 15) is 4.39 Å². The molecule has 0 amide bonds. The molecule has 0 spiro atoms. The Morgan fingerprint density at radius 1 is 0.960 bits per heavy atom. The van der Waals surface area contributed by atoms with Crippen LogP contribution in [0.25, 0.3) is 17.1 Å². The molecule has 122 valence electrons. The Morgan fingerprint density at radius 3 is 2.72 bits per heavy atom. The summed E-state index contributed by atoms with van der Waals surface area (Å²) in [6, 6.07) is 13.3. The van der Waals surface area contributed by atoms with E-state index < -0.39 is 5.82 Å². The number of hydrogen-bond donors (Lipinski definition) is 0. The van der Waals surface area contributed by atoms with E-state index in [0.29, 0.717) is 28.6 Å². The maximum atomic E-state index is 14.0. The molecule has 0 bridgehead atoms. The minimum Gasteiger partial charge on any atom is -0.456 e. The lowest BCUT2D eigenvalue weighted by Gasteiger charge is -2.06. The highest BCUT2D eigenvalue weighted by Crippen LogP contribution is 2.27. The molecule has 4 rings (SSSR count). The fraction of sp³-hybridized carbons (Fsp3) is 0. The number of ether oxygens (including phenoxy) is 1. The number of benzene rings is 1. The molecule has 0 unspecified atom stereocenters. The minimum absolute atomic E-state index is 0.357. The molecule has 0 aliphatic carbocycles. The summed E-state index contributed by atoms with van der Waals surface area (Å²) in [7, 11) is 0. The Morgan fingerprint density at radius 2 is 1.92 bits per heavy atom. The SMILES string of the molecule is Fc1cc(Oc2cccnc2)cc(-c2cn(-c3ccccn3)nn2)c1. The fourth-order valence-corrected chi connectivity index (χ4v) is 2.31. The average Bonchev–Trinajstić information content (AvgIpc) is 3.13. The molecule has 0 aliphatic rings. The Balaban J connectivity index is 1.66. The Hall–Kier alpha value is -3.61. The first-order chi connectivity index (χ1) is 12.3. The predicted octanol–water partition coefficient (Wildman–Crippen LogP) is 3.66. The minimum atomic E-state index is -0.427. The van der Waals surface area contributed by atoms with Gasteiger partial charge in [0.15, 0.2) is 5.82 Å². The van der Waals surface area contributed by atoms with Crippen molar-refractivity contribution in [2.24, 2.45) is 0 Å². The first-order valence-corrected chi connectivity index (χ1v) is 7.50. The normalized spacial score (nSPS) is 10.6. The number of halogens is 1. The summed E-state index contributed by atoms with van der Waals surface area (Å²) >= 11 is 0. The standard InChI is InChI=1S/C18H12FN5O/c19-14-8-13(9-16(10-14)25-15-4-3-6-20-11-15)17-12-24(23-22-17)18-5-1-2-7-21-18/h1-12H. The van der Waals surface area contributed by atoms with Crippen LogP contribution < -0.4 is 4.74 Å². The van der Waals surface area contributed by atoms with E-state index in [1.165, 1.54) is 16.8 Å². The second kappa shape index (κ2) is 6.48. The highest BCUT2D eigenvalue weighted by Gasteiger charge is 2.10. The van der Waals surface area contributed by atoms with Crippen LogP contribution in [-0.2, 0) is 0 Å². The molecule has 25 heavy (non-hydrogen) atoms. The van der Waals surface area contributed by atoms with E-state index >= 15 is 0 Å². The largest absolute Gasteiger partial charge is 0.456 e. The molecular formula is C18H12FN5O. The third-order valence-electron chi connectivity index (χ3n) is 3.41. The van der Waals surface area contributed by atoms with Crippen LogP contribution in [0.3, 0.4) is 0 Å². The van der Waals surface area contributed by atoms with E-state index in [2.05, 4.69) is 20.3 Å². The van der Waals surface area contributed by atoms with E-state index in [4.69, 9.17) is 4.74 Å². The van der Waals surface area contributed by atoms with Crippen molar-refractivity contribution in [3.63, 3.8) is 0 Å². The van der Waals surface area contributed by atoms with Crippen molar-refractivity contribution >= 4 is 0 Å². The van der Waals surface area contributed by atoms with Crippen LogP contribution in [0.1, 0.15) is 0 Å². The zero-order chi connectivity index (χ0) is 17.1. The second-order valence-electron chi connectivity index (χ2n) is 5.20. The van der Waals surface area contributed by atoms with Crippen LogP contribution in [-0.4, -0.2) is 25.0 Å². The van der Waals surface area contributed by atoms with Crippen molar-refractivity contribution in [3.8, 4) is 28.6 Å². The second-order valence-corrected chi connectivity index (χ2v) is 5.20. The summed E-state index contributed by atoms with van der Waals surface area (Å²) in [4.78, 5) is 8.17. The Bertz CT molecular complexity index is 989. The van der Waals surface area contributed by atoms with E-state index in [1.807, 2.05) is 12.1 Å². The first-order valence-electron chi connectivity index (χ1n) is 7.50. The summed E-state index contributed by atoms with van der Waals surface area (Å²) in [5, 5.41) is 8.13. The molecule has 0 radical (unpaired) electrons. The summed E-state index contributed by atoms with van der Waals surface area (Å²) in [5.41, 5.74) is 1.07. The first kappa shape index (κ1) is 14.9. The summed E-state index contributed by atoms with van der Waals surface area (Å²) in [6.45, 7) is 0. The van der Waals surface area contributed by atoms with Gasteiger partial charge in [-0.15, -0.1) is 5.10 Å². The van der Waals surface area contributed by atoms with Crippen molar-refractivity contribution in [2.75, 3.05) is 0 Å². The third-order valence-corrected chi connectivity index (χ3v) is 3.41. The van der Waals surface area contributed by atoms with Gasteiger partial charge < -0.3 is 4.74 Å². The monoisotopic (exact) mass is 333 g/mol. The highest BCUT2D eigenvalue weighted by atomic mass is 19.1. The lowest BCUT2D eigenvalue weighted by atomic mass is 10.1. The molecule has 4 aromatic rings. The lowest BCUT2D eigenvalue weighted by Crippen LogP contribution is -1.96. The molecule has 0 saturated heterocycles. The van der Waals surface area contributed by atoms with Gasteiger partial charge in [0.25, 0.3) is 0 Å². The molecule has 0 saturated carbocycles. The van der Waals surface area contributed by atoms with Gasteiger partial charge in [-0.1, -0.05) is 11.3 Å². The van der Waals surface area contributed by atoms with E-state index in [-0.39, 0.29) is 0 Å². The van der Waals surface area contributed by atoms with Crippen molar-refractivity contribution in [1.82, 2.24) is 25.0 Å². The molecule has 0 atom stereocenters. The Kier molecular flexibility index (Phi) is 3.88. The van der Waals surface area contributed by atoms with Crippen LogP contribution in [0.5, 0.6) is 11.5 Å². The van der Waals surface area contributed by atoms with Gasteiger partial charge in [0.2, 0.25) is 0 Å². The number of aromatic nitrogens is 5. The number of rotatable bonds is 4. The van der Waals surface area contributed by atoms with E-state index in [1.54, 1.807) is 49.1 Å². The Labute approximate surface area is 142 Å². The van der Waals surface area contributed by atoms with Crippen molar-refractivity contribution in [1.29, 1.82) is 0 Å². The fourth-order valence-electron chi connectivity index (χ4n) is 2.31. The maximum absolute atomic E-state index is 14.0. The van der Waals surface area contributed by atoms with Gasteiger partial charge in [-0.3, -0.25) is 4.98 Å². The molecule has 7 heteroatoms. The van der Waals surface area contributed by atoms with Gasteiger partial charge in [-0.25, -0.2) is 14.1 Å². The summed E-state index contributed by atoms with van der Waals surface area (Å²) in [6.07, 6.45) is 6.55. The molecule has 0 aliphatic heterocycles. The van der Waals surface area contributed by atoms with Crippen LogP contribution in [0.2, 0.25) is 0 Å². The van der Waals surface area contributed by atoms with E-state index in [0.717, 1.165) is 0 Å². The van der Waals surface area contributed by atoms with Crippen LogP contribution in [0.4, 0.5) is 4.39 Å². The average molecular weight is 333 g/mol. The van der Waals surface area contributed by atoms with Crippen LogP contribution >= 0.6 is 0 Å². The topological polar surface area (TPSA) is 65.7 Å². The number of pyridine rings is 2. The van der Waals surface area contributed by atoms with Gasteiger partial charge in [0.1, 0.15) is 23.0 Å². The smallest absolute Gasteiger partial charge is 0.155 e. The van der Waals surface area contributed by atoms with Crippen molar-refractivity contribution in [2.45, 2.75) is 0 Å². The van der Waals surface area contributed by atoms with Gasteiger partial charge in [-0.05, 0) is 36.4 Å². The zero-order valence-corrected chi connectivity index (χ0v) is 13.0. The van der Waals surface area contributed by atoms with Gasteiger partial charge >= 0.3 is 0 Å². The van der Waals surface area contributed by atoms with Crippen LogP contribution in [0, 0.1) is 5.82 Å². The van der Waals surface area contributed by atoms with Crippen molar-refractivity contribution < 1.29 is 9.13 Å².